The highest BCUT2D eigenvalue weighted by atomic mass is 16.1. The summed E-state index contributed by atoms with van der Waals surface area (Å²) in [5, 5.41) is 2.96. The first-order valence-corrected chi connectivity index (χ1v) is 8.02. The molecule has 2 rings (SSSR count). The first-order valence-electron chi connectivity index (χ1n) is 8.02. The average Bonchev–Trinajstić information content (AvgIpc) is 2.53. The van der Waals surface area contributed by atoms with E-state index in [1.807, 2.05) is 24.3 Å². The molecule has 4 nitrogen and oxygen atoms in total. The van der Waals surface area contributed by atoms with Crippen molar-refractivity contribution in [3.63, 3.8) is 0 Å². The van der Waals surface area contributed by atoms with Gasteiger partial charge in [0.05, 0.1) is 0 Å². The zero-order chi connectivity index (χ0) is 15.1. The number of hydrogen-bond acceptors (Lipinski definition) is 3. The van der Waals surface area contributed by atoms with Crippen LogP contribution in [0.25, 0.3) is 0 Å². The third kappa shape index (κ3) is 5.14. The van der Waals surface area contributed by atoms with Crippen molar-refractivity contribution < 1.29 is 4.79 Å². The Morgan fingerprint density at radius 2 is 2.33 bits per heavy atom. The lowest BCUT2D eigenvalue weighted by molar-refractivity contribution is -0.116. The van der Waals surface area contributed by atoms with E-state index >= 15 is 0 Å². The van der Waals surface area contributed by atoms with E-state index in [1.165, 1.54) is 19.3 Å². The molecule has 4 heteroatoms. The van der Waals surface area contributed by atoms with Gasteiger partial charge in [-0.25, -0.2) is 0 Å². The Balaban J connectivity index is 1.76. The predicted octanol–water partition coefficient (Wildman–Crippen LogP) is 2.60. The van der Waals surface area contributed by atoms with Gasteiger partial charge in [-0.05, 0) is 43.0 Å². The van der Waals surface area contributed by atoms with Crippen LogP contribution in [0.4, 0.5) is 5.69 Å². The summed E-state index contributed by atoms with van der Waals surface area (Å²) >= 11 is 0. The molecule has 1 heterocycles. The van der Waals surface area contributed by atoms with Crippen LogP contribution >= 0.6 is 0 Å². The molecule has 0 aromatic heterocycles. The standard InChI is InChI=1S/C17H27N3O/c1-2-14-6-4-9-20(13-14)10-8-17(21)19-16-7-3-5-15(11-16)12-18/h3,5,7,11,14H,2,4,6,8-10,12-13,18H2,1H3,(H,19,21). The van der Waals surface area contributed by atoms with Crippen molar-refractivity contribution in [2.24, 2.45) is 11.7 Å². The summed E-state index contributed by atoms with van der Waals surface area (Å²) in [6.07, 6.45) is 4.40. The molecule has 1 amide bonds. The van der Waals surface area contributed by atoms with E-state index in [0.717, 1.165) is 36.8 Å². The molecule has 1 aromatic rings. The smallest absolute Gasteiger partial charge is 0.225 e. The van der Waals surface area contributed by atoms with Crippen LogP contribution in [0.3, 0.4) is 0 Å². The molecule has 21 heavy (non-hydrogen) atoms. The summed E-state index contributed by atoms with van der Waals surface area (Å²) in [7, 11) is 0. The first kappa shape index (κ1) is 16.0. The van der Waals surface area contributed by atoms with Gasteiger partial charge in [-0.15, -0.1) is 0 Å². The number of anilines is 1. The lowest BCUT2D eigenvalue weighted by Gasteiger charge is -2.32. The highest BCUT2D eigenvalue weighted by molar-refractivity contribution is 5.90. The molecule has 1 saturated heterocycles. The highest BCUT2D eigenvalue weighted by Gasteiger charge is 2.18. The topological polar surface area (TPSA) is 58.4 Å². The van der Waals surface area contributed by atoms with Crippen LogP contribution in [0, 0.1) is 5.92 Å². The molecule has 1 aliphatic rings. The van der Waals surface area contributed by atoms with E-state index in [2.05, 4.69) is 17.1 Å². The Morgan fingerprint density at radius 3 is 3.10 bits per heavy atom. The zero-order valence-corrected chi connectivity index (χ0v) is 13.0. The number of nitrogens with two attached hydrogens (primary N) is 1. The molecule has 1 unspecified atom stereocenters. The Morgan fingerprint density at radius 1 is 1.48 bits per heavy atom. The number of nitrogens with zero attached hydrogens (tertiary/aromatic N) is 1. The predicted molar refractivity (Wildman–Crippen MR) is 87.0 cm³/mol. The minimum atomic E-state index is 0.0859. The lowest BCUT2D eigenvalue weighted by atomic mass is 9.95. The maximum Gasteiger partial charge on any atom is 0.225 e. The number of rotatable bonds is 6. The highest BCUT2D eigenvalue weighted by Crippen LogP contribution is 2.19. The van der Waals surface area contributed by atoms with E-state index in [9.17, 15) is 4.79 Å². The molecule has 0 aliphatic carbocycles. The third-order valence-corrected chi connectivity index (χ3v) is 4.28. The Bertz CT molecular complexity index is 461. The van der Waals surface area contributed by atoms with Gasteiger partial charge in [-0.1, -0.05) is 25.5 Å². The Labute approximate surface area is 127 Å². The molecular formula is C17H27N3O. The number of nitrogens with one attached hydrogen (secondary N) is 1. The van der Waals surface area contributed by atoms with E-state index in [0.29, 0.717) is 13.0 Å². The number of benzene rings is 1. The zero-order valence-electron chi connectivity index (χ0n) is 13.0. The lowest BCUT2D eigenvalue weighted by Crippen LogP contribution is -2.37. The number of likely N-dealkylation sites (tertiary alicyclic amines) is 1. The molecule has 1 atom stereocenters. The minimum Gasteiger partial charge on any atom is -0.326 e. The molecule has 1 aliphatic heterocycles. The summed E-state index contributed by atoms with van der Waals surface area (Å²) in [6, 6.07) is 7.74. The second kappa shape index (κ2) is 8.15. The van der Waals surface area contributed by atoms with Crippen molar-refractivity contribution in [3.8, 4) is 0 Å². The Kier molecular flexibility index (Phi) is 6.21. The number of carbonyl (C=O) groups is 1. The van der Waals surface area contributed by atoms with E-state index in [-0.39, 0.29) is 5.91 Å². The van der Waals surface area contributed by atoms with Gasteiger partial charge in [0, 0.05) is 31.7 Å². The number of carbonyl (C=O) groups excluding carboxylic acids is 1. The maximum absolute atomic E-state index is 12.0. The summed E-state index contributed by atoms with van der Waals surface area (Å²) in [6.45, 7) is 5.89. The molecule has 1 fully saturated rings. The summed E-state index contributed by atoms with van der Waals surface area (Å²) in [4.78, 5) is 14.5. The fraction of sp³-hybridized carbons (Fsp3) is 0.588. The van der Waals surface area contributed by atoms with Crippen LogP contribution in [0.5, 0.6) is 0 Å². The van der Waals surface area contributed by atoms with Gasteiger partial charge >= 0.3 is 0 Å². The van der Waals surface area contributed by atoms with E-state index in [4.69, 9.17) is 5.73 Å². The fourth-order valence-corrected chi connectivity index (χ4v) is 2.95. The van der Waals surface area contributed by atoms with Gasteiger partial charge in [0.2, 0.25) is 5.91 Å². The first-order chi connectivity index (χ1) is 10.2. The second-order valence-electron chi connectivity index (χ2n) is 5.92. The molecular weight excluding hydrogens is 262 g/mol. The number of amides is 1. The van der Waals surface area contributed by atoms with Gasteiger partial charge in [0.25, 0.3) is 0 Å². The van der Waals surface area contributed by atoms with Crippen LogP contribution in [-0.4, -0.2) is 30.4 Å². The van der Waals surface area contributed by atoms with Crippen LogP contribution in [0.2, 0.25) is 0 Å². The van der Waals surface area contributed by atoms with Gasteiger partial charge in [-0.2, -0.15) is 0 Å². The van der Waals surface area contributed by atoms with Gasteiger partial charge in [0.15, 0.2) is 0 Å². The van der Waals surface area contributed by atoms with Crippen LogP contribution in [0.15, 0.2) is 24.3 Å². The monoisotopic (exact) mass is 289 g/mol. The fourth-order valence-electron chi connectivity index (χ4n) is 2.95. The van der Waals surface area contributed by atoms with E-state index in [1.54, 1.807) is 0 Å². The quantitative estimate of drug-likeness (QED) is 0.846. The molecule has 0 saturated carbocycles. The van der Waals surface area contributed by atoms with Crippen molar-refractivity contribution in [2.45, 2.75) is 39.2 Å². The van der Waals surface area contributed by atoms with Crippen molar-refractivity contribution >= 4 is 11.6 Å². The molecule has 0 bridgehead atoms. The van der Waals surface area contributed by atoms with Crippen LogP contribution < -0.4 is 11.1 Å². The van der Waals surface area contributed by atoms with Gasteiger partial charge < -0.3 is 16.0 Å². The molecule has 1 aromatic carbocycles. The molecule has 0 spiro atoms. The van der Waals surface area contributed by atoms with Crippen molar-refractivity contribution in [1.29, 1.82) is 0 Å². The average molecular weight is 289 g/mol. The molecule has 116 valence electrons. The van der Waals surface area contributed by atoms with Gasteiger partial charge in [-0.3, -0.25) is 4.79 Å². The van der Waals surface area contributed by atoms with Crippen molar-refractivity contribution in [1.82, 2.24) is 4.90 Å². The SMILES string of the molecule is CCC1CCCN(CCC(=O)Nc2cccc(CN)c2)C1. The van der Waals surface area contributed by atoms with Crippen molar-refractivity contribution in [2.75, 3.05) is 25.0 Å². The van der Waals surface area contributed by atoms with E-state index < -0.39 is 0 Å². The van der Waals surface area contributed by atoms with Crippen LogP contribution in [-0.2, 0) is 11.3 Å². The summed E-state index contributed by atoms with van der Waals surface area (Å²) in [5.41, 5.74) is 7.49. The Hall–Kier alpha value is -1.39. The maximum atomic E-state index is 12.0. The molecule has 3 N–H and O–H groups in total. The molecule has 0 radical (unpaired) electrons. The third-order valence-electron chi connectivity index (χ3n) is 4.28. The van der Waals surface area contributed by atoms with Gasteiger partial charge in [0.1, 0.15) is 0 Å². The minimum absolute atomic E-state index is 0.0859. The normalized spacial score (nSPS) is 19.4. The second-order valence-corrected chi connectivity index (χ2v) is 5.92. The van der Waals surface area contributed by atoms with Crippen LogP contribution in [0.1, 0.15) is 38.2 Å². The largest absolute Gasteiger partial charge is 0.326 e. The number of hydrogen-bond donors (Lipinski definition) is 2. The number of piperidine rings is 1. The van der Waals surface area contributed by atoms with Crippen molar-refractivity contribution in [3.05, 3.63) is 29.8 Å². The summed E-state index contributed by atoms with van der Waals surface area (Å²) < 4.78 is 0. The summed E-state index contributed by atoms with van der Waals surface area (Å²) in [5.74, 6) is 0.894.